The number of benzene rings is 1. The van der Waals surface area contributed by atoms with E-state index in [9.17, 15) is 19.3 Å². The maximum Gasteiger partial charge on any atom is 0.324 e. The highest BCUT2D eigenvalue weighted by atomic mass is 32.1. The van der Waals surface area contributed by atoms with Gasteiger partial charge in [0.05, 0.1) is 47.7 Å². The van der Waals surface area contributed by atoms with Crippen LogP contribution in [0.4, 0.5) is 15.2 Å². The van der Waals surface area contributed by atoms with Gasteiger partial charge < -0.3 is 14.8 Å². The van der Waals surface area contributed by atoms with E-state index in [4.69, 9.17) is 9.47 Å². The van der Waals surface area contributed by atoms with E-state index < -0.39 is 16.6 Å². The van der Waals surface area contributed by atoms with Gasteiger partial charge in [-0.1, -0.05) is 11.3 Å². The van der Waals surface area contributed by atoms with Crippen LogP contribution in [-0.4, -0.2) is 57.0 Å². The highest BCUT2D eigenvalue weighted by Crippen LogP contribution is 2.28. The van der Waals surface area contributed by atoms with E-state index in [1.807, 2.05) is 6.92 Å². The Bertz CT molecular complexity index is 1340. The van der Waals surface area contributed by atoms with Crippen LogP contribution in [0, 0.1) is 15.9 Å². The molecule has 35 heavy (non-hydrogen) atoms. The molecule has 0 spiro atoms. The Kier molecular flexibility index (Phi) is 7.70. The molecule has 0 bridgehead atoms. The van der Waals surface area contributed by atoms with Crippen LogP contribution in [-0.2, 0) is 16.0 Å². The second-order valence-electron chi connectivity index (χ2n) is 7.17. The van der Waals surface area contributed by atoms with E-state index >= 15 is 0 Å². The Morgan fingerprint density at radius 1 is 1.14 bits per heavy atom. The van der Waals surface area contributed by atoms with Gasteiger partial charge in [-0.25, -0.2) is 19.0 Å². The molecule has 3 aromatic heterocycles. The Morgan fingerprint density at radius 2 is 1.91 bits per heavy atom. The molecular formula is C22H21FN6O5S. The first-order chi connectivity index (χ1) is 17.0. The lowest BCUT2D eigenvalue weighted by molar-refractivity contribution is -0.380. The molecule has 13 heteroatoms. The average molecular weight is 501 g/mol. The Balaban J connectivity index is 1.64. The van der Waals surface area contributed by atoms with E-state index in [1.165, 1.54) is 42.6 Å². The molecule has 0 radical (unpaired) electrons. The quantitative estimate of drug-likeness (QED) is 0.186. The van der Waals surface area contributed by atoms with Gasteiger partial charge in [0.1, 0.15) is 11.6 Å². The van der Waals surface area contributed by atoms with Gasteiger partial charge in [0.15, 0.2) is 11.5 Å². The van der Waals surface area contributed by atoms with Crippen molar-refractivity contribution in [2.75, 3.05) is 31.7 Å². The van der Waals surface area contributed by atoms with Gasteiger partial charge in [0, 0.05) is 18.2 Å². The molecule has 1 aromatic carbocycles. The van der Waals surface area contributed by atoms with E-state index in [0.717, 1.165) is 11.3 Å². The third-order valence-corrected chi connectivity index (χ3v) is 5.89. The summed E-state index contributed by atoms with van der Waals surface area (Å²) in [5, 5.41) is 18.3. The molecule has 1 amide bonds. The van der Waals surface area contributed by atoms with Crippen molar-refractivity contribution >= 4 is 39.1 Å². The normalized spacial score (nSPS) is 11.1. The molecular weight excluding hydrogens is 479 g/mol. The summed E-state index contributed by atoms with van der Waals surface area (Å²) in [6.07, 6.45) is 1.52. The second-order valence-corrected chi connectivity index (χ2v) is 8.23. The minimum atomic E-state index is -0.558. The lowest BCUT2D eigenvalue weighted by Gasteiger charge is -2.09. The van der Waals surface area contributed by atoms with Gasteiger partial charge >= 0.3 is 5.00 Å². The molecule has 0 aliphatic rings. The second kappa shape index (κ2) is 11.1. The summed E-state index contributed by atoms with van der Waals surface area (Å²) in [7, 11) is 0. The van der Waals surface area contributed by atoms with E-state index in [-0.39, 0.29) is 21.5 Å². The van der Waals surface area contributed by atoms with Crippen LogP contribution in [0.15, 0.2) is 42.6 Å². The number of thiophene rings is 1. The van der Waals surface area contributed by atoms with Crippen molar-refractivity contribution in [1.29, 1.82) is 0 Å². The minimum Gasteiger partial charge on any atom is -0.379 e. The van der Waals surface area contributed by atoms with Crippen LogP contribution in [0.25, 0.3) is 22.4 Å². The van der Waals surface area contributed by atoms with Gasteiger partial charge in [-0.3, -0.25) is 14.9 Å². The summed E-state index contributed by atoms with van der Waals surface area (Å²) in [6.45, 7) is 4.20. The van der Waals surface area contributed by atoms with Crippen LogP contribution in [0.2, 0.25) is 0 Å². The molecule has 0 unspecified atom stereocenters. The van der Waals surface area contributed by atoms with Crippen molar-refractivity contribution < 1.29 is 23.6 Å². The Hall–Kier alpha value is -3.81. The number of anilines is 1. The number of hydrogen-bond donors (Lipinski definition) is 1. The molecule has 11 nitrogen and oxygen atoms in total. The number of rotatable bonds is 11. The molecule has 1 N–H and O–H groups in total. The smallest absolute Gasteiger partial charge is 0.324 e. The number of nitro groups is 1. The number of halogens is 1. The van der Waals surface area contributed by atoms with Crippen LogP contribution in [0.3, 0.4) is 0 Å². The molecule has 0 saturated carbocycles. The first-order valence-corrected chi connectivity index (χ1v) is 11.5. The summed E-state index contributed by atoms with van der Waals surface area (Å²) in [6, 6.07) is 8.28. The van der Waals surface area contributed by atoms with Crippen molar-refractivity contribution in [1.82, 2.24) is 19.7 Å². The highest BCUT2D eigenvalue weighted by molar-refractivity contribution is 7.17. The Morgan fingerprint density at radius 3 is 2.63 bits per heavy atom. The minimum absolute atomic E-state index is 0.146. The number of nitrogens with zero attached hydrogens (tertiary/aromatic N) is 5. The molecule has 0 atom stereocenters. The summed E-state index contributed by atoms with van der Waals surface area (Å²) < 4.78 is 25.9. The average Bonchev–Trinajstić information content (AvgIpc) is 3.50. The van der Waals surface area contributed by atoms with Crippen molar-refractivity contribution in [2.24, 2.45) is 0 Å². The summed E-state index contributed by atoms with van der Waals surface area (Å²) in [5.41, 5.74) is 0.983. The maximum absolute atomic E-state index is 13.4. The fourth-order valence-electron chi connectivity index (χ4n) is 3.17. The molecule has 0 aliphatic heterocycles. The summed E-state index contributed by atoms with van der Waals surface area (Å²) in [5.74, 6) is -0.528. The van der Waals surface area contributed by atoms with Gasteiger partial charge in [0.25, 0.3) is 5.91 Å². The van der Waals surface area contributed by atoms with Crippen molar-refractivity contribution in [3.63, 3.8) is 0 Å². The monoisotopic (exact) mass is 500 g/mol. The van der Waals surface area contributed by atoms with Crippen LogP contribution in [0.5, 0.6) is 0 Å². The first kappa shape index (κ1) is 24.3. The highest BCUT2D eigenvalue weighted by Gasteiger charge is 2.20. The van der Waals surface area contributed by atoms with E-state index in [1.54, 1.807) is 4.68 Å². The summed E-state index contributed by atoms with van der Waals surface area (Å²) in [4.78, 5) is 32.4. The SMILES string of the molecule is CCOCCOCCn1ncc2c(NC(=O)c3ccc([N+](=O)[O-])s3)nc(-c3ccc(F)cc3)nc21. The van der Waals surface area contributed by atoms with E-state index in [0.29, 0.717) is 49.6 Å². The lowest BCUT2D eigenvalue weighted by atomic mass is 10.2. The zero-order chi connectivity index (χ0) is 24.8. The van der Waals surface area contributed by atoms with Gasteiger partial charge in [-0.2, -0.15) is 5.10 Å². The van der Waals surface area contributed by atoms with Crippen molar-refractivity contribution in [2.45, 2.75) is 13.5 Å². The summed E-state index contributed by atoms with van der Waals surface area (Å²) >= 11 is 0.756. The molecule has 4 rings (SSSR count). The predicted octanol–water partition coefficient (Wildman–Crippen LogP) is 3.91. The third-order valence-electron chi connectivity index (χ3n) is 4.85. The first-order valence-electron chi connectivity index (χ1n) is 10.7. The molecule has 182 valence electrons. The number of aromatic nitrogens is 4. The van der Waals surface area contributed by atoms with Crippen LogP contribution in [0.1, 0.15) is 16.6 Å². The van der Waals surface area contributed by atoms with Gasteiger partial charge in [-0.05, 0) is 37.3 Å². The van der Waals surface area contributed by atoms with Crippen molar-refractivity contribution in [3.8, 4) is 11.4 Å². The molecule has 0 saturated heterocycles. The fourth-order valence-corrected chi connectivity index (χ4v) is 3.89. The van der Waals surface area contributed by atoms with E-state index in [2.05, 4.69) is 20.4 Å². The number of nitrogens with one attached hydrogen (secondary N) is 1. The topological polar surface area (TPSA) is 134 Å². The molecule has 0 fully saturated rings. The number of carbonyl (C=O) groups is 1. The van der Waals surface area contributed by atoms with Crippen LogP contribution >= 0.6 is 11.3 Å². The number of carbonyl (C=O) groups excluding carboxylic acids is 1. The number of fused-ring (bicyclic) bond motifs is 1. The van der Waals surface area contributed by atoms with Crippen LogP contribution < -0.4 is 5.32 Å². The predicted molar refractivity (Wildman–Crippen MR) is 127 cm³/mol. The maximum atomic E-state index is 13.4. The van der Waals surface area contributed by atoms with Crippen molar-refractivity contribution in [3.05, 3.63) is 63.4 Å². The third kappa shape index (κ3) is 5.82. The molecule has 3 heterocycles. The zero-order valence-electron chi connectivity index (χ0n) is 18.6. The fraction of sp³-hybridized carbons (Fsp3) is 0.273. The van der Waals surface area contributed by atoms with Gasteiger partial charge in [-0.15, -0.1) is 0 Å². The lowest BCUT2D eigenvalue weighted by Crippen LogP contribution is -2.14. The molecule has 0 aliphatic carbocycles. The standard InChI is InChI=1S/C22H21FN6O5S/c1-2-33-11-12-34-10-9-28-21-16(13-24-28)20(25-19(26-21)14-3-5-15(23)6-4-14)27-22(30)17-7-8-18(35-17)29(31)32/h3-8,13H,2,9-12H2,1H3,(H,25,26,27,30). The number of hydrogen-bond acceptors (Lipinski definition) is 9. The largest absolute Gasteiger partial charge is 0.379 e. The number of amides is 1. The molecule has 4 aromatic rings. The zero-order valence-corrected chi connectivity index (χ0v) is 19.5. The number of ether oxygens (including phenoxy) is 2. The van der Waals surface area contributed by atoms with Gasteiger partial charge in [0.2, 0.25) is 0 Å². The Labute approximate surface area is 202 Å².